The van der Waals surface area contributed by atoms with Gasteiger partial charge >= 0.3 is 12.1 Å². The first-order valence-corrected chi connectivity index (χ1v) is 7.79. The Morgan fingerprint density at radius 2 is 1.95 bits per heavy atom. The maximum absolute atomic E-state index is 12.1. The summed E-state index contributed by atoms with van der Waals surface area (Å²) >= 11 is 0. The number of cyclic esters (lactones) is 1. The lowest BCUT2D eigenvalue weighted by atomic mass is 9.95. The molecule has 22 heavy (non-hydrogen) atoms. The second-order valence-electron chi connectivity index (χ2n) is 8.13. The second-order valence-corrected chi connectivity index (χ2v) is 8.13. The highest BCUT2D eigenvalue weighted by molar-refractivity contribution is 5.79. The Balaban J connectivity index is 2.06. The third-order valence-electron chi connectivity index (χ3n) is 3.87. The van der Waals surface area contributed by atoms with Crippen molar-refractivity contribution in [3.8, 4) is 0 Å². The number of alkyl carbamates (subject to hydrolysis) is 1. The van der Waals surface area contributed by atoms with E-state index in [9.17, 15) is 9.59 Å². The minimum Gasteiger partial charge on any atom is -0.444 e. The van der Waals surface area contributed by atoms with Crippen molar-refractivity contribution in [2.75, 3.05) is 0 Å². The van der Waals surface area contributed by atoms with Gasteiger partial charge in [-0.3, -0.25) is 0 Å². The van der Waals surface area contributed by atoms with Gasteiger partial charge in [0.05, 0.1) is 6.04 Å². The van der Waals surface area contributed by atoms with Crippen LogP contribution in [0.3, 0.4) is 0 Å². The van der Waals surface area contributed by atoms with Gasteiger partial charge in [-0.1, -0.05) is 6.92 Å². The number of hydrogen-bond acceptors (Lipinski definition) is 5. The molecule has 1 unspecified atom stereocenters. The van der Waals surface area contributed by atoms with E-state index in [2.05, 4.69) is 12.2 Å². The van der Waals surface area contributed by atoms with Crippen LogP contribution in [0.25, 0.3) is 0 Å². The van der Waals surface area contributed by atoms with Crippen LogP contribution in [0.15, 0.2) is 0 Å². The summed E-state index contributed by atoms with van der Waals surface area (Å²) in [4.78, 5) is 24.1. The fourth-order valence-electron chi connectivity index (χ4n) is 2.57. The maximum Gasteiger partial charge on any atom is 0.407 e. The van der Waals surface area contributed by atoms with Gasteiger partial charge in [0.2, 0.25) is 5.79 Å². The summed E-state index contributed by atoms with van der Waals surface area (Å²) in [6.45, 7) is 10.9. The van der Waals surface area contributed by atoms with Crippen LogP contribution in [0.4, 0.5) is 4.79 Å². The van der Waals surface area contributed by atoms with Gasteiger partial charge in [-0.15, -0.1) is 0 Å². The van der Waals surface area contributed by atoms with Crippen LogP contribution >= 0.6 is 0 Å². The molecular weight excluding hydrogens is 286 g/mol. The highest BCUT2D eigenvalue weighted by Crippen LogP contribution is 2.49. The molecule has 1 aliphatic heterocycles. The Morgan fingerprint density at radius 1 is 1.36 bits per heavy atom. The average Bonchev–Trinajstić information content (AvgIpc) is 2.92. The topological polar surface area (TPSA) is 73.9 Å². The van der Waals surface area contributed by atoms with E-state index in [1.807, 2.05) is 0 Å². The normalized spacial score (nSPS) is 27.0. The molecule has 0 aromatic heterocycles. The lowest BCUT2D eigenvalue weighted by Crippen LogP contribution is -2.49. The highest BCUT2D eigenvalue weighted by Gasteiger charge is 2.50. The molecule has 0 aromatic carbocycles. The Kier molecular flexibility index (Phi) is 4.19. The van der Waals surface area contributed by atoms with Crippen molar-refractivity contribution >= 4 is 12.1 Å². The van der Waals surface area contributed by atoms with E-state index >= 15 is 0 Å². The van der Waals surface area contributed by atoms with E-state index in [1.54, 1.807) is 34.6 Å². The average molecular weight is 313 g/mol. The number of esters is 1. The van der Waals surface area contributed by atoms with Gasteiger partial charge in [-0.05, 0) is 45.4 Å². The van der Waals surface area contributed by atoms with Crippen molar-refractivity contribution in [3.63, 3.8) is 0 Å². The van der Waals surface area contributed by atoms with Crippen molar-refractivity contribution in [3.05, 3.63) is 0 Å². The Bertz CT molecular complexity index is 462. The van der Waals surface area contributed by atoms with Crippen molar-refractivity contribution in [2.24, 2.45) is 5.41 Å². The molecule has 2 atom stereocenters. The number of hydrogen-bond donors (Lipinski definition) is 1. The van der Waals surface area contributed by atoms with E-state index in [0.29, 0.717) is 6.42 Å². The Labute approximate surface area is 131 Å². The van der Waals surface area contributed by atoms with Crippen LogP contribution in [0, 0.1) is 5.41 Å². The highest BCUT2D eigenvalue weighted by atomic mass is 16.8. The van der Waals surface area contributed by atoms with Gasteiger partial charge in [0.25, 0.3) is 0 Å². The first-order chi connectivity index (χ1) is 9.89. The molecule has 1 heterocycles. The fraction of sp³-hybridized carbons (Fsp3) is 0.875. The molecule has 6 nitrogen and oxygen atoms in total. The molecule has 2 fully saturated rings. The minimum atomic E-state index is -0.958. The zero-order valence-corrected chi connectivity index (χ0v) is 14.3. The smallest absolute Gasteiger partial charge is 0.407 e. The van der Waals surface area contributed by atoms with Crippen molar-refractivity contribution in [1.82, 2.24) is 5.32 Å². The largest absolute Gasteiger partial charge is 0.444 e. The molecule has 1 saturated heterocycles. The van der Waals surface area contributed by atoms with Crippen LogP contribution in [0.2, 0.25) is 0 Å². The van der Waals surface area contributed by atoms with Gasteiger partial charge in [-0.25, -0.2) is 9.59 Å². The van der Waals surface area contributed by atoms with Crippen LogP contribution in [0.5, 0.6) is 0 Å². The van der Waals surface area contributed by atoms with Crippen LogP contribution in [0.1, 0.15) is 60.8 Å². The van der Waals surface area contributed by atoms with Crippen molar-refractivity contribution in [2.45, 2.75) is 84.3 Å². The van der Waals surface area contributed by atoms with Gasteiger partial charge < -0.3 is 19.5 Å². The van der Waals surface area contributed by atoms with Crippen LogP contribution in [-0.4, -0.2) is 35.6 Å². The number of amides is 1. The zero-order chi connectivity index (χ0) is 16.8. The maximum atomic E-state index is 12.1. The molecule has 0 bridgehead atoms. The summed E-state index contributed by atoms with van der Waals surface area (Å²) in [5.41, 5.74) is -0.440. The molecule has 6 heteroatoms. The number of nitrogens with one attached hydrogen (secondary N) is 1. The third-order valence-corrected chi connectivity index (χ3v) is 3.87. The molecule has 1 N–H and O–H groups in total. The molecular formula is C16H27NO5. The van der Waals surface area contributed by atoms with Crippen molar-refractivity contribution in [1.29, 1.82) is 0 Å². The monoisotopic (exact) mass is 313 g/mol. The summed E-state index contributed by atoms with van der Waals surface area (Å²) in [6, 6.07) is -0.448. The first kappa shape index (κ1) is 17.1. The van der Waals surface area contributed by atoms with E-state index in [-0.39, 0.29) is 5.41 Å². The zero-order valence-electron chi connectivity index (χ0n) is 14.3. The van der Waals surface area contributed by atoms with Gasteiger partial charge in [0.1, 0.15) is 5.60 Å². The molecule has 2 aliphatic rings. The van der Waals surface area contributed by atoms with Gasteiger partial charge in [-0.2, -0.15) is 0 Å². The Morgan fingerprint density at radius 3 is 2.36 bits per heavy atom. The SMILES string of the molecule is CC1(C[C@H](NC(=O)OC(C)(C)C)C2OC(C)(C)OC2=O)CC1. The van der Waals surface area contributed by atoms with Crippen LogP contribution in [-0.2, 0) is 19.0 Å². The van der Waals surface area contributed by atoms with E-state index < -0.39 is 35.6 Å². The van der Waals surface area contributed by atoms with Gasteiger partial charge in [0.15, 0.2) is 6.10 Å². The number of ether oxygens (including phenoxy) is 3. The first-order valence-electron chi connectivity index (χ1n) is 7.79. The summed E-state index contributed by atoms with van der Waals surface area (Å²) in [6.07, 6.45) is 1.51. The molecule has 1 amide bonds. The van der Waals surface area contributed by atoms with Crippen molar-refractivity contribution < 1.29 is 23.8 Å². The van der Waals surface area contributed by atoms with E-state index in [1.165, 1.54) is 0 Å². The number of carbonyl (C=O) groups is 2. The predicted molar refractivity (Wildman–Crippen MR) is 80.2 cm³/mol. The molecule has 0 radical (unpaired) electrons. The molecule has 0 spiro atoms. The molecule has 1 aliphatic carbocycles. The predicted octanol–water partition coefficient (Wildman–Crippen LogP) is 2.75. The Hall–Kier alpha value is -1.30. The summed E-state index contributed by atoms with van der Waals surface area (Å²) in [7, 11) is 0. The lowest BCUT2D eigenvalue weighted by molar-refractivity contribution is -0.161. The summed E-state index contributed by atoms with van der Waals surface area (Å²) in [5.74, 6) is -1.39. The number of rotatable bonds is 4. The second kappa shape index (κ2) is 5.41. The lowest BCUT2D eigenvalue weighted by Gasteiger charge is -2.27. The van der Waals surface area contributed by atoms with Gasteiger partial charge in [0, 0.05) is 13.8 Å². The quantitative estimate of drug-likeness (QED) is 0.808. The number of carbonyl (C=O) groups excluding carboxylic acids is 2. The van der Waals surface area contributed by atoms with E-state index in [4.69, 9.17) is 14.2 Å². The summed E-state index contributed by atoms with van der Waals surface area (Å²) < 4.78 is 16.2. The minimum absolute atomic E-state index is 0.149. The standard InChI is InChI=1S/C16H27NO5/c1-14(2,3)22-13(19)17-10(9-16(6)7-8-16)11-12(18)21-15(4,5)20-11/h10-11H,7-9H2,1-6H3,(H,17,19)/t10-,11?/m0/s1. The van der Waals surface area contributed by atoms with Crippen LogP contribution < -0.4 is 5.32 Å². The third kappa shape index (κ3) is 4.60. The molecule has 2 rings (SSSR count). The molecule has 1 saturated carbocycles. The summed E-state index contributed by atoms with van der Waals surface area (Å²) in [5, 5.41) is 2.79. The van der Waals surface area contributed by atoms with E-state index in [0.717, 1.165) is 12.8 Å². The fourth-order valence-corrected chi connectivity index (χ4v) is 2.57. The molecule has 126 valence electrons. The molecule has 0 aromatic rings.